The van der Waals surface area contributed by atoms with Gasteiger partial charge in [0.25, 0.3) is 0 Å². The van der Waals surface area contributed by atoms with Crippen molar-refractivity contribution >= 4 is 10.0 Å². The minimum atomic E-state index is -3.64. The molecule has 1 aliphatic carbocycles. The zero-order chi connectivity index (χ0) is 16.9. The molecule has 1 atom stereocenters. The molecule has 1 saturated carbocycles. The van der Waals surface area contributed by atoms with Crippen LogP contribution in [-0.2, 0) is 16.4 Å². The zero-order valence-electron chi connectivity index (χ0n) is 13.5. The maximum atomic E-state index is 13.0. The van der Waals surface area contributed by atoms with Crippen LogP contribution in [0.3, 0.4) is 0 Å². The number of nitriles is 1. The first-order valence-corrected chi connectivity index (χ1v) is 9.55. The molecule has 1 unspecified atom stereocenters. The lowest BCUT2D eigenvalue weighted by Gasteiger charge is -2.34. The van der Waals surface area contributed by atoms with E-state index in [1.54, 1.807) is 31.2 Å². The first-order valence-electron chi connectivity index (χ1n) is 8.11. The lowest BCUT2D eigenvalue weighted by molar-refractivity contribution is 0.136. The van der Waals surface area contributed by atoms with Gasteiger partial charge in [-0.25, -0.2) is 8.42 Å². The van der Waals surface area contributed by atoms with E-state index in [0.717, 1.165) is 37.7 Å². The van der Waals surface area contributed by atoms with E-state index >= 15 is 0 Å². The summed E-state index contributed by atoms with van der Waals surface area (Å²) in [5, 5.41) is 18.4. The smallest absolute Gasteiger partial charge is 0.243 e. The van der Waals surface area contributed by atoms with E-state index in [1.807, 2.05) is 6.07 Å². The second-order valence-corrected chi connectivity index (χ2v) is 8.08. The van der Waals surface area contributed by atoms with Crippen LogP contribution in [0.4, 0.5) is 0 Å². The largest absolute Gasteiger partial charge is 0.392 e. The van der Waals surface area contributed by atoms with E-state index in [9.17, 15) is 13.5 Å². The zero-order valence-corrected chi connectivity index (χ0v) is 14.3. The maximum absolute atomic E-state index is 13.0. The highest BCUT2D eigenvalue weighted by atomic mass is 32.2. The van der Waals surface area contributed by atoms with Gasteiger partial charge < -0.3 is 5.11 Å². The van der Waals surface area contributed by atoms with Crippen LogP contribution in [0.5, 0.6) is 0 Å². The predicted octanol–water partition coefficient (Wildman–Crippen LogP) is 2.46. The molecule has 0 radical (unpaired) electrons. The number of hydrogen-bond donors (Lipinski definition) is 1. The fourth-order valence-corrected chi connectivity index (χ4v) is 4.84. The highest BCUT2D eigenvalue weighted by Gasteiger charge is 2.33. The molecule has 0 aliphatic heterocycles. The Morgan fingerprint density at radius 1 is 1.26 bits per heavy atom. The van der Waals surface area contributed by atoms with Gasteiger partial charge in [0.05, 0.1) is 23.5 Å². The van der Waals surface area contributed by atoms with Gasteiger partial charge in [0.2, 0.25) is 10.0 Å². The molecular formula is C17H24N2O3S. The number of rotatable bonds is 6. The molecular weight excluding hydrogens is 312 g/mol. The standard InChI is InChI=1S/C17H24N2O3S/c1-14(20)13-19(16-5-3-2-4-6-16)23(21,22)17-9-7-15(8-10-17)11-12-18/h7-10,14,16,20H,2-6,11,13H2,1H3. The summed E-state index contributed by atoms with van der Waals surface area (Å²) in [6, 6.07) is 8.48. The highest BCUT2D eigenvalue weighted by molar-refractivity contribution is 7.89. The Labute approximate surface area is 138 Å². The van der Waals surface area contributed by atoms with Gasteiger partial charge in [0, 0.05) is 12.6 Å². The molecule has 1 aromatic rings. The van der Waals surface area contributed by atoms with E-state index in [4.69, 9.17) is 5.26 Å². The normalized spacial score (nSPS) is 17.8. The Balaban J connectivity index is 2.29. The summed E-state index contributed by atoms with van der Waals surface area (Å²) in [6.07, 6.45) is 4.44. The number of aliphatic hydroxyl groups excluding tert-OH is 1. The topological polar surface area (TPSA) is 81.4 Å². The van der Waals surface area contributed by atoms with E-state index in [2.05, 4.69) is 0 Å². The minimum Gasteiger partial charge on any atom is -0.392 e. The Hall–Kier alpha value is -1.42. The van der Waals surface area contributed by atoms with Gasteiger partial charge in [-0.15, -0.1) is 0 Å². The summed E-state index contributed by atoms with van der Waals surface area (Å²) >= 11 is 0. The van der Waals surface area contributed by atoms with E-state index in [-0.39, 0.29) is 23.9 Å². The van der Waals surface area contributed by atoms with E-state index in [1.165, 1.54) is 4.31 Å². The number of nitrogens with zero attached hydrogens (tertiary/aromatic N) is 2. The van der Waals surface area contributed by atoms with Crippen LogP contribution in [0.25, 0.3) is 0 Å². The fourth-order valence-electron chi connectivity index (χ4n) is 3.08. The second kappa shape index (κ2) is 7.91. The molecule has 1 N–H and O–H groups in total. The summed E-state index contributed by atoms with van der Waals surface area (Å²) in [4.78, 5) is 0.227. The lowest BCUT2D eigenvalue weighted by atomic mass is 9.95. The minimum absolute atomic E-state index is 0.0397. The van der Waals surface area contributed by atoms with Gasteiger partial charge in [0.1, 0.15) is 0 Å². The molecule has 2 rings (SSSR count). The lowest BCUT2D eigenvalue weighted by Crippen LogP contribution is -2.44. The van der Waals surface area contributed by atoms with Crippen LogP contribution in [0.15, 0.2) is 29.2 Å². The van der Waals surface area contributed by atoms with Crippen LogP contribution in [-0.4, -0.2) is 36.5 Å². The van der Waals surface area contributed by atoms with Crippen molar-refractivity contribution in [3.05, 3.63) is 29.8 Å². The summed E-state index contributed by atoms with van der Waals surface area (Å²) in [6.45, 7) is 1.73. The summed E-state index contributed by atoms with van der Waals surface area (Å²) < 4.78 is 27.4. The van der Waals surface area contributed by atoms with Crippen LogP contribution in [0.1, 0.15) is 44.6 Å². The van der Waals surface area contributed by atoms with Crippen molar-refractivity contribution in [2.24, 2.45) is 0 Å². The van der Waals surface area contributed by atoms with Crippen LogP contribution in [0, 0.1) is 11.3 Å². The third-order valence-electron chi connectivity index (χ3n) is 4.24. The Bertz CT molecular complexity index is 641. The Morgan fingerprint density at radius 3 is 2.39 bits per heavy atom. The van der Waals surface area contributed by atoms with E-state index < -0.39 is 16.1 Å². The summed E-state index contributed by atoms with van der Waals surface area (Å²) in [7, 11) is -3.64. The molecule has 0 saturated heterocycles. The van der Waals surface area contributed by atoms with Crippen molar-refractivity contribution in [3.8, 4) is 6.07 Å². The molecule has 6 heteroatoms. The van der Waals surface area contributed by atoms with Crippen molar-refractivity contribution in [3.63, 3.8) is 0 Å². The van der Waals surface area contributed by atoms with Gasteiger partial charge in [0.15, 0.2) is 0 Å². The van der Waals surface area contributed by atoms with Crippen LogP contribution >= 0.6 is 0 Å². The van der Waals surface area contributed by atoms with Crippen molar-refractivity contribution < 1.29 is 13.5 Å². The second-order valence-electron chi connectivity index (χ2n) is 6.19. The average Bonchev–Trinajstić information content (AvgIpc) is 2.54. The molecule has 1 aromatic carbocycles. The van der Waals surface area contributed by atoms with Crippen LogP contribution < -0.4 is 0 Å². The molecule has 0 amide bonds. The number of sulfonamides is 1. The Morgan fingerprint density at radius 2 is 1.87 bits per heavy atom. The first kappa shape index (κ1) is 17.9. The van der Waals surface area contributed by atoms with E-state index in [0.29, 0.717) is 0 Å². The van der Waals surface area contributed by atoms with Crippen molar-refractivity contribution in [2.45, 2.75) is 62.5 Å². The Kier molecular flexibility index (Phi) is 6.17. The summed E-state index contributed by atoms with van der Waals surface area (Å²) in [5.74, 6) is 0. The van der Waals surface area contributed by atoms with Gasteiger partial charge in [-0.2, -0.15) is 9.57 Å². The van der Waals surface area contributed by atoms with Crippen molar-refractivity contribution in [1.82, 2.24) is 4.31 Å². The van der Waals surface area contributed by atoms with Gasteiger partial charge in [-0.3, -0.25) is 0 Å². The molecule has 1 aliphatic rings. The average molecular weight is 336 g/mol. The number of aliphatic hydroxyl groups is 1. The number of hydrogen-bond acceptors (Lipinski definition) is 4. The molecule has 0 bridgehead atoms. The number of benzene rings is 1. The van der Waals surface area contributed by atoms with Gasteiger partial charge in [-0.05, 0) is 37.5 Å². The monoisotopic (exact) mass is 336 g/mol. The molecule has 126 valence electrons. The molecule has 0 heterocycles. The third kappa shape index (κ3) is 4.54. The highest BCUT2D eigenvalue weighted by Crippen LogP contribution is 2.28. The molecule has 23 heavy (non-hydrogen) atoms. The molecule has 5 nitrogen and oxygen atoms in total. The molecule has 1 fully saturated rings. The predicted molar refractivity (Wildman–Crippen MR) is 88.2 cm³/mol. The quantitative estimate of drug-likeness (QED) is 0.865. The van der Waals surface area contributed by atoms with Crippen LogP contribution in [0.2, 0.25) is 0 Å². The first-order chi connectivity index (χ1) is 10.9. The van der Waals surface area contributed by atoms with Gasteiger partial charge in [-0.1, -0.05) is 31.4 Å². The van der Waals surface area contributed by atoms with Gasteiger partial charge >= 0.3 is 0 Å². The SMILES string of the molecule is CC(O)CN(C1CCCCC1)S(=O)(=O)c1ccc(CC#N)cc1. The maximum Gasteiger partial charge on any atom is 0.243 e. The third-order valence-corrected chi connectivity index (χ3v) is 6.17. The van der Waals surface area contributed by atoms with Crippen molar-refractivity contribution in [2.75, 3.05) is 6.54 Å². The molecule has 0 aromatic heterocycles. The fraction of sp³-hybridized carbons (Fsp3) is 0.588. The molecule has 0 spiro atoms. The summed E-state index contributed by atoms with van der Waals surface area (Å²) in [5.41, 5.74) is 0.797. The van der Waals surface area contributed by atoms with Crippen molar-refractivity contribution in [1.29, 1.82) is 5.26 Å².